The Balaban J connectivity index is 1.51. The molecule has 0 saturated heterocycles. The molecule has 3 N–H and O–H groups in total. The molecule has 10 heteroatoms. The van der Waals surface area contributed by atoms with Crippen LogP contribution in [0.1, 0.15) is 12.5 Å². The Morgan fingerprint density at radius 3 is 2.36 bits per heavy atom. The number of carbonyl (C=O) groups is 3. The smallest absolute Gasteiger partial charge is 0.329 e. The molecule has 0 aliphatic rings. The van der Waals surface area contributed by atoms with Crippen molar-refractivity contribution in [2.24, 2.45) is 5.10 Å². The zero-order valence-corrected chi connectivity index (χ0v) is 19.8. The van der Waals surface area contributed by atoms with Gasteiger partial charge < -0.3 is 24.8 Å². The lowest BCUT2D eigenvalue weighted by Gasteiger charge is -2.10. The molecular weight excluding hydrogens is 464 g/mol. The molecule has 0 unspecified atom stereocenters. The summed E-state index contributed by atoms with van der Waals surface area (Å²) in [6.07, 6.45) is 1.32. The van der Waals surface area contributed by atoms with E-state index in [1.54, 1.807) is 72.8 Å². The van der Waals surface area contributed by atoms with Gasteiger partial charge in [0.1, 0.15) is 17.2 Å². The van der Waals surface area contributed by atoms with E-state index in [1.807, 2.05) is 6.92 Å². The van der Waals surface area contributed by atoms with Crippen molar-refractivity contribution in [3.05, 3.63) is 78.4 Å². The quantitative estimate of drug-likeness (QED) is 0.228. The molecule has 0 heterocycles. The second-order valence-electron chi connectivity index (χ2n) is 7.22. The summed E-state index contributed by atoms with van der Waals surface area (Å²) in [5.74, 6) is -0.578. The first-order valence-electron chi connectivity index (χ1n) is 11.0. The minimum absolute atomic E-state index is 0.243. The summed E-state index contributed by atoms with van der Waals surface area (Å²) >= 11 is 0. The molecule has 3 aromatic carbocycles. The first-order valence-corrected chi connectivity index (χ1v) is 11.0. The highest BCUT2D eigenvalue weighted by molar-refractivity contribution is 6.39. The van der Waals surface area contributed by atoms with E-state index in [1.165, 1.54) is 13.3 Å². The van der Waals surface area contributed by atoms with Crippen LogP contribution in [0, 0.1) is 0 Å². The standard InChI is InChI=1S/C26H26N4O6/c1-3-35-21-13-11-19(12-14-21)28-24(31)17-36-23-10-5-4-7-18(23)16-27-30-26(33)25(32)29-20-8-6-9-22(15-20)34-2/h4-16H,3,17H2,1-2H3,(H,28,31)(H,29,32)(H,30,33)/b27-16-. The van der Waals surface area contributed by atoms with Crippen LogP contribution in [0.3, 0.4) is 0 Å². The Hall–Kier alpha value is -4.86. The average molecular weight is 491 g/mol. The summed E-state index contributed by atoms with van der Waals surface area (Å²) in [6.45, 7) is 2.21. The number of hydrazone groups is 1. The van der Waals surface area contributed by atoms with E-state index in [-0.39, 0.29) is 12.5 Å². The number of anilines is 2. The Morgan fingerprint density at radius 2 is 1.61 bits per heavy atom. The van der Waals surface area contributed by atoms with Gasteiger partial charge in [-0.15, -0.1) is 0 Å². The maximum atomic E-state index is 12.3. The highest BCUT2D eigenvalue weighted by Gasteiger charge is 2.13. The molecular formula is C26H26N4O6. The molecule has 0 fully saturated rings. The molecule has 0 atom stereocenters. The van der Waals surface area contributed by atoms with Gasteiger partial charge in [-0.3, -0.25) is 14.4 Å². The van der Waals surface area contributed by atoms with Gasteiger partial charge in [-0.1, -0.05) is 18.2 Å². The Bertz CT molecular complexity index is 1230. The summed E-state index contributed by atoms with van der Waals surface area (Å²) in [6, 6.07) is 20.4. The third-order valence-corrected chi connectivity index (χ3v) is 4.63. The summed E-state index contributed by atoms with van der Waals surface area (Å²) in [5.41, 5.74) is 3.67. The Kier molecular flexibility index (Phi) is 9.40. The maximum absolute atomic E-state index is 12.3. The first-order chi connectivity index (χ1) is 17.5. The molecule has 186 valence electrons. The molecule has 3 amide bonds. The molecule has 0 aliphatic carbocycles. The Labute approximate surface area is 208 Å². The van der Waals surface area contributed by atoms with Crippen molar-refractivity contribution in [2.75, 3.05) is 31.0 Å². The normalized spacial score (nSPS) is 10.4. The van der Waals surface area contributed by atoms with E-state index in [2.05, 4.69) is 21.2 Å². The van der Waals surface area contributed by atoms with E-state index in [0.29, 0.717) is 40.8 Å². The fraction of sp³-hybridized carbons (Fsp3) is 0.154. The number of nitrogens with zero attached hydrogens (tertiary/aromatic N) is 1. The van der Waals surface area contributed by atoms with Gasteiger partial charge in [0, 0.05) is 23.0 Å². The molecule has 0 spiro atoms. The van der Waals surface area contributed by atoms with Crippen LogP contribution in [0.15, 0.2) is 77.9 Å². The second-order valence-corrected chi connectivity index (χ2v) is 7.22. The van der Waals surface area contributed by atoms with Crippen molar-refractivity contribution in [2.45, 2.75) is 6.92 Å². The number of benzene rings is 3. The summed E-state index contributed by atoms with van der Waals surface area (Å²) in [4.78, 5) is 36.4. The molecule has 3 rings (SSSR count). The van der Waals surface area contributed by atoms with Gasteiger partial charge in [-0.2, -0.15) is 5.10 Å². The van der Waals surface area contributed by atoms with E-state index in [9.17, 15) is 14.4 Å². The number of hydrogen-bond acceptors (Lipinski definition) is 7. The number of methoxy groups -OCH3 is 1. The number of rotatable bonds is 10. The molecule has 10 nitrogen and oxygen atoms in total. The minimum Gasteiger partial charge on any atom is -0.497 e. The van der Waals surface area contributed by atoms with Gasteiger partial charge in [0.2, 0.25) is 0 Å². The highest BCUT2D eigenvalue weighted by atomic mass is 16.5. The topological polar surface area (TPSA) is 127 Å². The maximum Gasteiger partial charge on any atom is 0.329 e. The predicted molar refractivity (Wildman–Crippen MR) is 136 cm³/mol. The van der Waals surface area contributed by atoms with Crippen molar-refractivity contribution >= 4 is 35.3 Å². The van der Waals surface area contributed by atoms with Gasteiger partial charge >= 0.3 is 11.8 Å². The average Bonchev–Trinajstić information content (AvgIpc) is 2.89. The molecule has 0 aliphatic heterocycles. The second kappa shape index (κ2) is 13.1. The number of para-hydroxylation sites is 1. The molecule has 0 radical (unpaired) electrons. The van der Waals surface area contributed by atoms with E-state index in [4.69, 9.17) is 14.2 Å². The van der Waals surface area contributed by atoms with Crippen molar-refractivity contribution in [3.8, 4) is 17.2 Å². The van der Waals surface area contributed by atoms with Crippen LogP contribution in [-0.2, 0) is 14.4 Å². The van der Waals surface area contributed by atoms with Gasteiger partial charge in [0.05, 0.1) is 19.9 Å². The van der Waals surface area contributed by atoms with Crippen molar-refractivity contribution in [1.82, 2.24) is 5.43 Å². The third-order valence-electron chi connectivity index (χ3n) is 4.63. The largest absolute Gasteiger partial charge is 0.497 e. The minimum atomic E-state index is -0.956. The lowest BCUT2D eigenvalue weighted by atomic mass is 10.2. The fourth-order valence-corrected chi connectivity index (χ4v) is 2.96. The summed E-state index contributed by atoms with van der Waals surface area (Å²) in [5, 5.41) is 9.01. The number of amides is 3. The zero-order chi connectivity index (χ0) is 25.8. The van der Waals surface area contributed by atoms with Crippen LogP contribution in [0.5, 0.6) is 17.2 Å². The Morgan fingerprint density at radius 1 is 0.833 bits per heavy atom. The van der Waals surface area contributed by atoms with E-state index < -0.39 is 11.8 Å². The van der Waals surface area contributed by atoms with Crippen molar-refractivity contribution in [3.63, 3.8) is 0 Å². The zero-order valence-electron chi connectivity index (χ0n) is 19.8. The lowest BCUT2D eigenvalue weighted by molar-refractivity contribution is -0.136. The van der Waals surface area contributed by atoms with E-state index in [0.717, 1.165) is 0 Å². The number of hydrogen-bond donors (Lipinski definition) is 3. The number of ether oxygens (including phenoxy) is 3. The predicted octanol–water partition coefficient (Wildman–Crippen LogP) is 3.20. The fourth-order valence-electron chi connectivity index (χ4n) is 2.96. The summed E-state index contributed by atoms with van der Waals surface area (Å²) in [7, 11) is 1.50. The van der Waals surface area contributed by atoms with Crippen molar-refractivity contribution < 1.29 is 28.6 Å². The molecule has 0 aromatic heterocycles. The molecule has 3 aromatic rings. The number of carbonyl (C=O) groups excluding carboxylic acids is 3. The SMILES string of the molecule is CCOc1ccc(NC(=O)COc2ccccc2/C=N\NC(=O)C(=O)Nc2cccc(OC)c2)cc1. The van der Waals surface area contributed by atoms with Gasteiger partial charge in [0.15, 0.2) is 6.61 Å². The molecule has 0 bridgehead atoms. The van der Waals surface area contributed by atoms with Gasteiger partial charge in [0.25, 0.3) is 5.91 Å². The summed E-state index contributed by atoms with van der Waals surface area (Å²) < 4.78 is 16.1. The van der Waals surface area contributed by atoms with Crippen molar-refractivity contribution in [1.29, 1.82) is 0 Å². The van der Waals surface area contributed by atoms with Crippen LogP contribution in [0.4, 0.5) is 11.4 Å². The third kappa shape index (κ3) is 7.87. The molecule has 0 saturated carbocycles. The van der Waals surface area contributed by atoms with Crippen LogP contribution in [0.25, 0.3) is 0 Å². The number of nitrogens with one attached hydrogen (secondary N) is 3. The first kappa shape index (κ1) is 25.8. The van der Waals surface area contributed by atoms with E-state index >= 15 is 0 Å². The van der Waals surface area contributed by atoms with Crippen LogP contribution in [-0.4, -0.2) is 44.3 Å². The lowest BCUT2D eigenvalue weighted by Crippen LogP contribution is -2.32. The van der Waals surface area contributed by atoms with Gasteiger partial charge in [-0.25, -0.2) is 5.43 Å². The van der Waals surface area contributed by atoms with Crippen LogP contribution < -0.4 is 30.3 Å². The van der Waals surface area contributed by atoms with Gasteiger partial charge in [-0.05, 0) is 55.5 Å². The molecule has 36 heavy (non-hydrogen) atoms. The monoisotopic (exact) mass is 490 g/mol. The van der Waals surface area contributed by atoms with Crippen LogP contribution in [0.2, 0.25) is 0 Å². The van der Waals surface area contributed by atoms with Crippen LogP contribution >= 0.6 is 0 Å². The highest BCUT2D eigenvalue weighted by Crippen LogP contribution is 2.18.